The van der Waals surface area contributed by atoms with E-state index in [9.17, 15) is 10.3 Å². The van der Waals surface area contributed by atoms with Gasteiger partial charge in [-0.1, -0.05) is 37.3 Å². The lowest BCUT2D eigenvalue weighted by atomic mass is 9.98. The Morgan fingerprint density at radius 2 is 1.88 bits per heavy atom. The Bertz CT molecular complexity index is 300. The topological polar surface area (TPSA) is 64.5 Å². The van der Waals surface area contributed by atoms with Gasteiger partial charge in [-0.3, -0.25) is 0 Å². The van der Waals surface area contributed by atoms with Crippen LogP contribution in [0.25, 0.3) is 0 Å². The Morgan fingerprint density at radius 1 is 1.24 bits per heavy atom. The second kappa shape index (κ2) is 7.40. The SMILES string of the molecule is CC[C@H](NO)[C@H](NCC(C)O)c1ccccc1. The van der Waals surface area contributed by atoms with Crippen LogP contribution in [-0.4, -0.2) is 29.0 Å². The zero-order valence-corrected chi connectivity index (χ0v) is 10.4. The summed E-state index contributed by atoms with van der Waals surface area (Å²) in [4.78, 5) is 0. The molecule has 3 atom stereocenters. The van der Waals surface area contributed by atoms with Gasteiger partial charge in [0.05, 0.1) is 12.1 Å². The predicted octanol–water partition coefficient (Wildman–Crippen LogP) is 1.46. The minimum absolute atomic E-state index is 0.0131. The normalized spacial score (nSPS) is 16.5. The second-order valence-electron chi connectivity index (χ2n) is 4.29. The summed E-state index contributed by atoms with van der Waals surface area (Å²) in [5.41, 5.74) is 3.43. The lowest BCUT2D eigenvalue weighted by molar-refractivity contribution is 0.0981. The van der Waals surface area contributed by atoms with Crippen LogP contribution >= 0.6 is 0 Å². The molecule has 4 nitrogen and oxygen atoms in total. The lowest BCUT2D eigenvalue weighted by Gasteiger charge is -2.27. The van der Waals surface area contributed by atoms with Crippen LogP contribution in [0.15, 0.2) is 30.3 Å². The number of nitrogens with one attached hydrogen (secondary N) is 2. The van der Waals surface area contributed by atoms with Gasteiger partial charge in [0.25, 0.3) is 0 Å². The van der Waals surface area contributed by atoms with Crippen LogP contribution in [0.1, 0.15) is 31.9 Å². The number of rotatable bonds is 7. The van der Waals surface area contributed by atoms with Gasteiger partial charge in [0.2, 0.25) is 0 Å². The molecule has 17 heavy (non-hydrogen) atoms. The first-order valence-electron chi connectivity index (χ1n) is 6.05. The van der Waals surface area contributed by atoms with Gasteiger partial charge in [-0.15, -0.1) is 0 Å². The second-order valence-corrected chi connectivity index (χ2v) is 4.29. The molecule has 0 radical (unpaired) electrons. The molecule has 0 aromatic heterocycles. The summed E-state index contributed by atoms with van der Waals surface area (Å²) in [5, 5.41) is 21.8. The first-order valence-corrected chi connectivity index (χ1v) is 6.05. The maximum absolute atomic E-state index is 9.33. The lowest BCUT2D eigenvalue weighted by Crippen LogP contribution is -2.42. The van der Waals surface area contributed by atoms with Crippen molar-refractivity contribution in [3.63, 3.8) is 0 Å². The molecule has 0 bridgehead atoms. The number of hydrogen-bond acceptors (Lipinski definition) is 4. The number of aliphatic hydroxyl groups excluding tert-OH is 1. The average molecular weight is 238 g/mol. The van der Waals surface area contributed by atoms with Gasteiger partial charge in [0, 0.05) is 12.6 Å². The van der Waals surface area contributed by atoms with E-state index < -0.39 is 6.10 Å². The van der Waals surface area contributed by atoms with E-state index in [2.05, 4.69) is 10.8 Å². The first-order chi connectivity index (χ1) is 8.19. The van der Waals surface area contributed by atoms with Gasteiger partial charge in [-0.05, 0) is 18.9 Å². The van der Waals surface area contributed by atoms with E-state index in [-0.39, 0.29) is 12.1 Å². The molecule has 1 aromatic carbocycles. The summed E-state index contributed by atoms with van der Waals surface area (Å²) in [7, 11) is 0. The smallest absolute Gasteiger partial charge is 0.0636 e. The third-order valence-corrected chi connectivity index (χ3v) is 2.80. The maximum Gasteiger partial charge on any atom is 0.0636 e. The molecule has 0 aliphatic heterocycles. The van der Waals surface area contributed by atoms with Gasteiger partial charge >= 0.3 is 0 Å². The van der Waals surface area contributed by atoms with Crippen molar-refractivity contribution in [3.05, 3.63) is 35.9 Å². The first kappa shape index (κ1) is 14.1. The molecule has 0 aliphatic carbocycles. The van der Waals surface area contributed by atoms with Crippen LogP contribution in [-0.2, 0) is 0 Å². The Balaban J connectivity index is 2.78. The molecule has 0 aliphatic rings. The summed E-state index contributed by atoms with van der Waals surface area (Å²) in [6.45, 7) is 4.24. The Kier molecular flexibility index (Phi) is 6.15. The standard InChI is InChI=1S/C13H22N2O2/c1-3-12(15-17)13(14-9-10(2)16)11-7-5-4-6-8-11/h4-8,10,12-17H,3,9H2,1-2H3/t10?,12-,13+/m0/s1. The number of hydroxylamine groups is 1. The van der Waals surface area contributed by atoms with Crippen LogP contribution in [0.2, 0.25) is 0 Å². The summed E-state index contributed by atoms with van der Waals surface area (Å²) in [6.07, 6.45) is 0.389. The minimum atomic E-state index is -0.405. The zero-order chi connectivity index (χ0) is 12.7. The molecule has 0 spiro atoms. The Morgan fingerprint density at radius 3 is 2.35 bits per heavy atom. The predicted molar refractivity (Wildman–Crippen MR) is 67.9 cm³/mol. The van der Waals surface area contributed by atoms with Crippen LogP contribution in [0, 0.1) is 0 Å². The van der Waals surface area contributed by atoms with E-state index in [1.165, 1.54) is 0 Å². The fraction of sp³-hybridized carbons (Fsp3) is 0.538. The molecule has 1 aromatic rings. The van der Waals surface area contributed by atoms with E-state index in [0.717, 1.165) is 12.0 Å². The van der Waals surface area contributed by atoms with Crippen molar-refractivity contribution in [1.29, 1.82) is 0 Å². The van der Waals surface area contributed by atoms with Crippen molar-refractivity contribution in [3.8, 4) is 0 Å². The highest BCUT2D eigenvalue weighted by atomic mass is 16.5. The van der Waals surface area contributed by atoms with Crippen molar-refractivity contribution in [2.24, 2.45) is 0 Å². The van der Waals surface area contributed by atoms with Gasteiger partial charge < -0.3 is 15.6 Å². The molecule has 1 rings (SSSR count). The molecule has 4 N–H and O–H groups in total. The molecule has 1 unspecified atom stereocenters. The van der Waals surface area contributed by atoms with Crippen molar-refractivity contribution < 1.29 is 10.3 Å². The molecule has 0 heterocycles. The third kappa shape index (κ3) is 4.44. The molecule has 0 saturated carbocycles. The molecule has 96 valence electrons. The van der Waals surface area contributed by atoms with E-state index in [1.54, 1.807) is 6.92 Å². The minimum Gasteiger partial charge on any atom is -0.392 e. The molecule has 0 saturated heterocycles. The van der Waals surface area contributed by atoms with E-state index in [1.807, 2.05) is 37.3 Å². The summed E-state index contributed by atoms with van der Waals surface area (Å²) in [6, 6.07) is 9.84. The summed E-state index contributed by atoms with van der Waals surface area (Å²) in [5.74, 6) is 0. The largest absolute Gasteiger partial charge is 0.392 e. The Labute approximate surface area is 103 Å². The fourth-order valence-corrected chi connectivity index (χ4v) is 1.85. The molecular weight excluding hydrogens is 216 g/mol. The highest BCUT2D eigenvalue weighted by molar-refractivity contribution is 5.20. The van der Waals surface area contributed by atoms with E-state index in [4.69, 9.17) is 0 Å². The molecular formula is C13H22N2O2. The van der Waals surface area contributed by atoms with Gasteiger partial charge in [0.15, 0.2) is 0 Å². The Hall–Kier alpha value is -0.940. The van der Waals surface area contributed by atoms with Gasteiger partial charge in [-0.25, -0.2) is 5.48 Å². The van der Waals surface area contributed by atoms with E-state index in [0.29, 0.717) is 6.54 Å². The van der Waals surface area contributed by atoms with Crippen molar-refractivity contribution in [1.82, 2.24) is 10.8 Å². The van der Waals surface area contributed by atoms with Gasteiger partial charge in [0.1, 0.15) is 0 Å². The third-order valence-electron chi connectivity index (χ3n) is 2.80. The number of benzene rings is 1. The van der Waals surface area contributed by atoms with Crippen LogP contribution in [0.4, 0.5) is 0 Å². The highest BCUT2D eigenvalue weighted by Crippen LogP contribution is 2.18. The van der Waals surface area contributed by atoms with Crippen molar-refractivity contribution >= 4 is 0 Å². The van der Waals surface area contributed by atoms with E-state index >= 15 is 0 Å². The molecule has 4 heteroatoms. The zero-order valence-electron chi connectivity index (χ0n) is 10.4. The van der Waals surface area contributed by atoms with Gasteiger partial charge in [-0.2, -0.15) is 0 Å². The van der Waals surface area contributed by atoms with Crippen molar-refractivity contribution in [2.75, 3.05) is 6.54 Å². The number of hydrogen-bond donors (Lipinski definition) is 4. The van der Waals surface area contributed by atoms with Crippen molar-refractivity contribution in [2.45, 2.75) is 38.5 Å². The van der Waals surface area contributed by atoms with Crippen LogP contribution in [0.5, 0.6) is 0 Å². The number of aliphatic hydroxyl groups is 1. The van der Waals surface area contributed by atoms with Crippen LogP contribution in [0.3, 0.4) is 0 Å². The monoisotopic (exact) mass is 238 g/mol. The molecule has 0 fully saturated rings. The summed E-state index contributed by atoms with van der Waals surface area (Å²) >= 11 is 0. The van der Waals surface area contributed by atoms with Crippen LogP contribution < -0.4 is 10.8 Å². The fourth-order valence-electron chi connectivity index (χ4n) is 1.85. The summed E-state index contributed by atoms with van der Waals surface area (Å²) < 4.78 is 0. The quantitative estimate of drug-likeness (QED) is 0.543. The maximum atomic E-state index is 9.33. The molecule has 0 amide bonds. The average Bonchev–Trinajstić information content (AvgIpc) is 2.35. The highest BCUT2D eigenvalue weighted by Gasteiger charge is 2.20.